The lowest BCUT2D eigenvalue weighted by Crippen LogP contribution is -2.38. The van der Waals surface area contributed by atoms with Crippen molar-refractivity contribution in [2.75, 3.05) is 19.9 Å². The van der Waals surface area contributed by atoms with E-state index < -0.39 is 11.8 Å². The van der Waals surface area contributed by atoms with Crippen LogP contribution >= 0.6 is 23.2 Å². The van der Waals surface area contributed by atoms with Crippen molar-refractivity contribution in [3.8, 4) is 0 Å². The molecule has 4 rings (SSSR count). The molecule has 3 N–H and O–H groups in total. The van der Waals surface area contributed by atoms with Crippen LogP contribution in [0.1, 0.15) is 41.6 Å². The number of primary amides is 1. The number of aliphatic hydroxyl groups excluding tert-OH is 1. The zero-order valence-electron chi connectivity index (χ0n) is 21.5. The maximum atomic E-state index is 12.7. The fourth-order valence-corrected chi connectivity index (χ4v) is 5.43. The van der Waals surface area contributed by atoms with Crippen molar-refractivity contribution in [3.05, 3.63) is 117 Å². The van der Waals surface area contributed by atoms with Gasteiger partial charge in [0.15, 0.2) is 5.78 Å². The average Bonchev–Trinajstić information content (AvgIpc) is 2.93. The first kappa shape index (κ1) is 29.0. The molecule has 1 aliphatic heterocycles. The predicted octanol–water partition coefficient (Wildman–Crippen LogP) is 5.68. The summed E-state index contributed by atoms with van der Waals surface area (Å²) in [4.78, 5) is 26.7. The maximum absolute atomic E-state index is 12.7. The Balaban J connectivity index is 1.46. The van der Waals surface area contributed by atoms with Gasteiger partial charge in [0.25, 0.3) is 0 Å². The fourth-order valence-electron chi connectivity index (χ4n) is 5.10. The van der Waals surface area contributed by atoms with Crippen molar-refractivity contribution < 1.29 is 19.4 Å². The third kappa shape index (κ3) is 7.78. The largest absolute Gasteiger partial charge is 0.381 e. The highest BCUT2D eigenvalue weighted by Crippen LogP contribution is 2.42. The lowest BCUT2D eigenvalue weighted by molar-refractivity contribution is -0.129. The van der Waals surface area contributed by atoms with Gasteiger partial charge < -0.3 is 15.6 Å². The van der Waals surface area contributed by atoms with E-state index in [-0.39, 0.29) is 44.2 Å². The van der Waals surface area contributed by atoms with Gasteiger partial charge in [-0.05, 0) is 59.4 Å². The predicted molar refractivity (Wildman–Crippen MR) is 153 cm³/mol. The van der Waals surface area contributed by atoms with E-state index in [9.17, 15) is 14.7 Å². The Hall–Kier alpha value is -3.00. The number of carbonyl (C=O) groups is 2. The number of Topliss-reactive ketones (excluding diaryl/α,β-unsaturated/α-hetero) is 1. The highest BCUT2D eigenvalue weighted by Gasteiger charge is 2.34. The minimum Gasteiger partial charge on any atom is -0.381 e. The summed E-state index contributed by atoms with van der Waals surface area (Å²) in [5.74, 6) is -1.29. The fraction of sp³-hybridized carbons (Fsp3) is 0.290. The summed E-state index contributed by atoms with van der Waals surface area (Å²) in [7, 11) is 0. The van der Waals surface area contributed by atoms with Crippen LogP contribution < -0.4 is 5.73 Å². The van der Waals surface area contributed by atoms with E-state index in [1.165, 1.54) is 0 Å². The second kappa shape index (κ2) is 13.9. The van der Waals surface area contributed by atoms with Crippen molar-refractivity contribution in [3.63, 3.8) is 0 Å². The highest BCUT2D eigenvalue weighted by molar-refractivity contribution is 6.30. The molecular weight excluding hydrogens is 535 g/mol. The molecule has 6 nitrogen and oxygen atoms in total. The summed E-state index contributed by atoms with van der Waals surface area (Å²) >= 11 is 12.4. The van der Waals surface area contributed by atoms with E-state index >= 15 is 0 Å². The van der Waals surface area contributed by atoms with Crippen LogP contribution in [-0.4, -0.2) is 41.6 Å². The van der Waals surface area contributed by atoms with E-state index in [4.69, 9.17) is 33.7 Å². The molecule has 3 atom stereocenters. The number of nitrogens with zero attached hydrogens (tertiary/aromatic N) is 1. The van der Waals surface area contributed by atoms with Crippen molar-refractivity contribution in [1.82, 2.24) is 4.90 Å². The zero-order valence-corrected chi connectivity index (χ0v) is 23.0. The van der Waals surface area contributed by atoms with Crippen molar-refractivity contribution >= 4 is 34.9 Å². The van der Waals surface area contributed by atoms with Crippen LogP contribution in [0, 0.1) is 5.92 Å². The molecule has 3 aromatic carbocycles. The first-order valence-electron chi connectivity index (χ1n) is 12.8. The van der Waals surface area contributed by atoms with Crippen molar-refractivity contribution in [2.24, 2.45) is 11.7 Å². The molecule has 0 saturated carbocycles. The van der Waals surface area contributed by atoms with Gasteiger partial charge in [0.05, 0.1) is 19.4 Å². The summed E-state index contributed by atoms with van der Waals surface area (Å²) < 4.78 is 5.87. The summed E-state index contributed by atoms with van der Waals surface area (Å²) in [5, 5.41) is 11.7. The number of ketones is 1. The summed E-state index contributed by atoms with van der Waals surface area (Å²) in [6.07, 6.45) is 3.17. The van der Waals surface area contributed by atoms with Crippen molar-refractivity contribution in [2.45, 2.75) is 31.3 Å². The number of aliphatic hydroxyl groups is 1. The van der Waals surface area contributed by atoms with Crippen LogP contribution in [-0.2, 0) is 20.7 Å². The molecule has 1 amide bonds. The molecule has 0 saturated heterocycles. The van der Waals surface area contributed by atoms with Gasteiger partial charge in [-0.3, -0.25) is 14.5 Å². The van der Waals surface area contributed by atoms with E-state index in [2.05, 4.69) is 6.08 Å². The summed E-state index contributed by atoms with van der Waals surface area (Å²) in [6.45, 7) is -0.148. The Labute approximate surface area is 239 Å². The first-order chi connectivity index (χ1) is 18.9. The summed E-state index contributed by atoms with van der Waals surface area (Å²) in [6, 6.07) is 24.2. The van der Waals surface area contributed by atoms with Crippen molar-refractivity contribution in [1.29, 1.82) is 0 Å². The quantitative estimate of drug-likeness (QED) is 0.275. The minimum absolute atomic E-state index is 0.0163. The molecule has 1 aliphatic rings. The Bertz CT molecular complexity index is 1300. The van der Waals surface area contributed by atoms with Crippen LogP contribution in [0.5, 0.6) is 0 Å². The van der Waals surface area contributed by atoms with Gasteiger partial charge in [-0.15, -0.1) is 0 Å². The Morgan fingerprint density at radius 2 is 1.72 bits per heavy atom. The van der Waals surface area contributed by atoms with E-state index in [0.29, 0.717) is 22.9 Å². The number of hydrogen-bond donors (Lipinski definition) is 2. The molecule has 3 aromatic rings. The smallest absolute Gasteiger partial charge is 0.221 e. The lowest BCUT2D eigenvalue weighted by Gasteiger charge is -2.41. The van der Waals surface area contributed by atoms with Gasteiger partial charge in [-0.2, -0.15) is 0 Å². The molecule has 8 heteroatoms. The number of amides is 1. The van der Waals surface area contributed by atoms with Crippen LogP contribution in [0.15, 0.2) is 90.5 Å². The normalized spacial score (nSPS) is 18.4. The highest BCUT2D eigenvalue weighted by atomic mass is 35.5. The minimum atomic E-state index is -0.596. The van der Waals surface area contributed by atoms with Gasteiger partial charge in [0.1, 0.15) is 6.61 Å². The maximum Gasteiger partial charge on any atom is 0.221 e. The lowest BCUT2D eigenvalue weighted by atomic mass is 9.87. The molecular formula is C31H32Cl2N2O4. The average molecular weight is 568 g/mol. The number of hydrogen-bond acceptors (Lipinski definition) is 5. The second-order valence-corrected chi connectivity index (χ2v) is 10.6. The van der Waals surface area contributed by atoms with Gasteiger partial charge in [0.2, 0.25) is 5.91 Å². The standard InChI is InChI=1S/C31H32Cl2N2O4/c32-26-12-9-22(10-13-26)29-14-11-24(30(35(29)20-36)23-7-4-8-27(33)16-23)18-39-19-28(37)17-25(31(34)38)15-21-5-2-1-3-6-21/h1-13,16,25,29-30,36H,14-15,17-20H2,(H2,34,38)/t25-,29?,30?/m1/s1. The topological polar surface area (TPSA) is 92.9 Å². The number of carbonyl (C=O) groups excluding carboxylic acids is 2. The van der Waals surface area contributed by atoms with Gasteiger partial charge >= 0.3 is 0 Å². The molecule has 1 heterocycles. The van der Waals surface area contributed by atoms with E-state index in [1.807, 2.05) is 77.7 Å². The first-order valence-corrected chi connectivity index (χ1v) is 13.6. The zero-order chi connectivity index (χ0) is 27.8. The van der Waals surface area contributed by atoms with Gasteiger partial charge in [0, 0.05) is 28.4 Å². The molecule has 2 unspecified atom stereocenters. The molecule has 0 bridgehead atoms. The number of halogens is 2. The Kier molecular flexibility index (Phi) is 10.3. The number of nitrogens with two attached hydrogens (primary N) is 1. The molecule has 0 aromatic heterocycles. The number of ether oxygens (including phenoxy) is 1. The van der Waals surface area contributed by atoms with Crippen LogP contribution in [0.2, 0.25) is 10.0 Å². The number of benzene rings is 3. The molecule has 0 fully saturated rings. The molecule has 204 valence electrons. The van der Waals surface area contributed by atoms with Gasteiger partial charge in [-0.1, -0.05) is 83.9 Å². The SMILES string of the molecule is NC(=O)[C@@H](CC(=O)COCC1=CCC(c2ccc(Cl)cc2)N(CO)C1c1cccc(Cl)c1)Cc1ccccc1. The van der Waals surface area contributed by atoms with Crippen LogP contribution in [0.25, 0.3) is 0 Å². The summed E-state index contributed by atoms with van der Waals surface area (Å²) in [5.41, 5.74) is 9.39. The van der Waals surface area contributed by atoms with Crippen LogP contribution in [0.3, 0.4) is 0 Å². The third-order valence-corrected chi connectivity index (χ3v) is 7.49. The Morgan fingerprint density at radius 1 is 0.974 bits per heavy atom. The van der Waals surface area contributed by atoms with E-state index in [0.717, 1.165) is 22.3 Å². The second-order valence-electron chi connectivity index (χ2n) is 9.72. The molecule has 39 heavy (non-hydrogen) atoms. The van der Waals surface area contributed by atoms with E-state index in [1.54, 1.807) is 6.07 Å². The number of rotatable bonds is 12. The molecule has 0 spiro atoms. The van der Waals surface area contributed by atoms with Crippen LogP contribution in [0.4, 0.5) is 0 Å². The molecule has 0 radical (unpaired) electrons. The monoisotopic (exact) mass is 566 g/mol. The Morgan fingerprint density at radius 3 is 2.38 bits per heavy atom. The third-order valence-electron chi connectivity index (χ3n) is 7.00. The molecule has 0 aliphatic carbocycles. The van der Waals surface area contributed by atoms with Gasteiger partial charge in [-0.25, -0.2) is 0 Å².